The van der Waals surface area contributed by atoms with Crippen molar-refractivity contribution >= 4 is 16.8 Å². The molecule has 156 valence electrons. The minimum Gasteiger partial charge on any atom is -0.345 e. The van der Waals surface area contributed by atoms with E-state index in [2.05, 4.69) is 15.3 Å². The number of hydrogen-bond donors (Lipinski definition) is 1. The third-order valence-electron chi connectivity index (χ3n) is 5.22. The second kappa shape index (κ2) is 7.66. The second-order valence-corrected chi connectivity index (χ2v) is 7.52. The maximum atomic E-state index is 13.6. The monoisotopic (exact) mass is 417 g/mol. The number of pyridine rings is 2. The number of rotatable bonds is 5. The molecule has 3 aromatic rings. The van der Waals surface area contributed by atoms with Gasteiger partial charge in [-0.2, -0.15) is 13.2 Å². The minimum atomic E-state index is -4.49. The van der Waals surface area contributed by atoms with Crippen molar-refractivity contribution in [2.75, 3.05) is 0 Å². The highest BCUT2D eigenvalue weighted by Crippen LogP contribution is 2.42. The van der Waals surface area contributed by atoms with Crippen molar-refractivity contribution in [3.8, 4) is 0 Å². The molecule has 0 unspecified atom stereocenters. The van der Waals surface area contributed by atoms with Gasteiger partial charge in [-0.15, -0.1) is 0 Å². The first-order valence-corrected chi connectivity index (χ1v) is 9.56. The van der Waals surface area contributed by atoms with Crippen molar-refractivity contribution in [1.29, 1.82) is 0 Å². The number of aryl methyl sites for hydroxylation is 1. The van der Waals surface area contributed by atoms with E-state index in [0.29, 0.717) is 17.0 Å². The highest BCUT2D eigenvalue weighted by molar-refractivity contribution is 5.96. The zero-order valence-corrected chi connectivity index (χ0v) is 16.2. The van der Waals surface area contributed by atoms with E-state index in [1.807, 2.05) is 13.0 Å². The summed E-state index contributed by atoms with van der Waals surface area (Å²) >= 11 is 0. The Hall–Kier alpha value is -3.03. The zero-order chi connectivity index (χ0) is 21.5. The Morgan fingerprint density at radius 2 is 1.97 bits per heavy atom. The van der Waals surface area contributed by atoms with Crippen molar-refractivity contribution in [2.24, 2.45) is 0 Å². The molecule has 1 aliphatic rings. The van der Waals surface area contributed by atoms with Crippen LogP contribution in [0.25, 0.3) is 10.9 Å². The number of benzene rings is 1. The van der Waals surface area contributed by atoms with E-state index >= 15 is 0 Å². The summed E-state index contributed by atoms with van der Waals surface area (Å²) in [6, 6.07) is 7.17. The normalized spacial score (nSPS) is 14.2. The second-order valence-electron chi connectivity index (χ2n) is 7.52. The maximum Gasteiger partial charge on any atom is 0.416 e. The highest BCUT2D eigenvalue weighted by atomic mass is 19.4. The molecule has 0 radical (unpaired) electrons. The van der Waals surface area contributed by atoms with Crippen LogP contribution >= 0.6 is 0 Å². The van der Waals surface area contributed by atoms with E-state index in [1.165, 1.54) is 0 Å². The first kappa shape index (κ1) is 20.3. The Morgan fingerprint density at radius 3 is 2.63 bits per heavy atom. The highest BCUT2D eigenvalue weighted by Gasteiger charge is 2.30. The average Bonchev–Trinajstić information content (AvgIpc) is 3.56. The van der Waals surface area contributed by atoms with Crippen LogP contribution in [0.3, 0.4) is 0 Å². The number of fused-ring (bicyclic) bond motifs is 1. The number of nitrogens with one attached hydrogen (secondary N) is 1. The van der Waals surface area contributed by atoms with Crippen LogP contribution in [0.4, 0.5) is 17.6 Å². The molecule has 0 bridgehead atoms. The van der Waals surface area contributed by atoms with Crippen LogP contribution in [0.1, 0.15) is 57.2 Å². The average molecular weight is 417 g/mol. The van der Waals surface area contributed by atoms with Gasteiger partial charge in [-0.05, 0) is 61.1 Å². The van der Waals surface area contributed by atoms with Crippen LogP contribution in [0, 0.1) is 6.92 Å². The predicted octanol–water partition coefficient (Wildman–Crippen LogP) is 5.23. The number of aromatic nitrogens is 2. The summed E-state index contributed by atoms with van der Waals surface area (Å²) in [6.07, 6.45) is -1.25. The lowest BCUT2D eigenvalue weighted by Gasteiger charge is -2.12. The number of halogens is 4. The molecule has 1 N–H and O–H groups in total. The molecule has 0 aliphatic heterocycles. The lowest BCUT2D eigenvalue weighted by Crippen LogP contribution is -2.24. The molecule has 2 heterocycles. The van der Waals surface area contributed by atoms with Crippen LogP contribution in [0.15, 0.2) is 36.5 Å². The molecule has 1 aliphatic carbocycles. The zero-order valence-electron chi connectivity index (χ0n) is 16.2. The molecule has 0 atom stereocenters. The first-order valence-electron chi connectivity index (χ1n) is 9.56. The van der Waals surface area contributed by atoms with Gasteiger partial charge >= 0.3 is 6.18 Å². The summed E-state index contributed by atoms with van der Waals surface area (Å²) in [4.78, 5) is 20.8. The summed E-state index contributed by atoms with van der Waals surface area (Å²) in [5.41, 5.74) is 2.08. The number of carbonyl (C=O) groups is 1. The number of alkyl halides is 4. The van der Waals surface area contributed by atoms with E-state index in [4.69, 9.17) is 0 Å². The Morgan fingerprint density at radius 1 is 1.20 bits per heavy atom. The molecule has 8 heteroatoms. The molecular weight excluding hydrogens is 398 g/mol. The van der Waals surface area contributed by atoms with Gasteiger partial charge in [0.2, 0.25) is 0 Å². The van der Waals surface area contributed by atoms with Crippen molar-refractivity contribution in [3.05, 3.63) is 70.2 Å². The Balaban J connectivity index is 1.58. The Kier molecular flexibility index (Phi) is 5.17. The summed E-state index contributed by atoms with van der Waals surface area (Å²) in [6.45, 7) is 0.953. The van der Waals surface area contributed by atoms with E-state index in [0.717, 1.165) is 47.7 Å². The van der Waals surface area contributed by atoms with E-state index < -0.39 is 24.3 Å². The molecule has 1 aromatic carbocycles. The van der Waals surface area contributed by atoms with Crippen molar-refractivity contribution < 1.29 is 22.4 Å². The van der Waals surface area contributed by atoms with Crippen molar-refractivity contribution in [3.63, 3.8) is 0 Å². The summed E-state index contributed by atoms with van der Waals surface area (Å²) < 4.78 is 52.1. The third-order valence-corrected chi connectivity index (χ3v) is 5.22. The lowest BCUT2D eigenvalue weighted by molar-refractivity contribution is -0.137. The molecular formula is C22H19F4N3O. The van der Waals surface area contributed by atoms with Gasteiger partial charge in [0, 0.05) is 17.1 Å². The van der Waals surface area contributed by atoms with Gasteiger partial charge in [0.1, 0.15) is 12.4 Å². The van der Waals surface area contributed by atoms with E-state index in [9.17, 15) is 22.4 Å². The summed E-state index contributed by atoms with van der Waals surface area (Å²) in [5, 5.41) is 3.35. The number of hydrogen-bond acceptors (Lipinski definition) is 3. The summed E-state index contributed by atoms with van der Waals surface area (Å²) in [5.74, 6) is -0.0997. The summed E-state index contributed by atoms with van der Waals surface area (Å²) in [7, 11) is 0. The van der Waals surface area contributed by atoms with E-state index in [1.54, 1.807) is 12.1 Å². The number of nitrogens with zero attached hydrogens (tertiary/aromatic N) is 2. The molecule has 2 aromatic heterocycles. The van der Waals surface area contributed by atoms with Crippen LogP contribution in [0.2, 0.25) is 0 Å². The standard InChI is InChI=1S/C22H19F4N3O/c1-12-6-19(21(30)28-11-17-9-16(4-5-27-17)22(24,25)26)29-20-15(10-23)7-14(8-18(12)20)13-2-3-13/h4-9,13H,2-3,10-11H2,1H3,(H,28,30). The van der Waals surface area contributed by atoms with Gasteiger partial charge < -0.3 is 5.32 Å². The molecule has 0 saturated heterocycles. The Bertz CT molecular complexity index is 1120. The molecule has 4 rings (SSSR count). The maximum absolute atomic E-state index is 13.6. The number of carbonyl (C=O) groups excluding carboxylic acids is 1. The quantitative estimate of drug-likeness (QED) is 0.578. The molecule has 1 amide bonds. The fraction of sp³-hybridized carbons (Fsp3) is 0.318. The van der Waals surface area contributed by atoms with Gasteiger partial charge in [0.15, 0.2) is 0 Å². The lowest BCUT2D eigenvalue weighted by atomic mass is 9.99. The first-order chi connectivity index (χ1) is 14.3. The SMILES string of the molecule is Cc1cc(C(=O)NCc2cc(C(F)(F)F)ccn2)nc2c(CF)cc(C3CC3)cc12. The van der Waals surface area contributed by atoms with Crippen molar-refractivity contribution in [1.82, 2.24) is 15.3 Å². The van der Waals surface area contributed by atoms with Crippen LogP contribution < -0.4 is 5.32 Å². The van der Waals surface area contributed by atoms with Gasteiger partial charge in [0.05, 0.1) is 23.3 Å². The van der Waals surface area contributed by atoms with Gasteiger partial charge in [0.25, 0.3) is 5.91 Å². The van der Waals surface area contributed by atoms with Crippen molar-refractivity contribution in [2.45, 2.75) is 45.1 Å². The topological polar surface area (TPSA) is 54.9 Å². The molecule has 4 nitrogen and oxygen atoms in total. The fourth-order valence-corrected chi connectivity index (χ4v) is 3.47. The molecule has 30 heavy (non-hydrogen) atoms. The van der Waals surface area contributed by atoms with Crippen LogP contribution in [0.5, 0.6) is 0 Å². The number of amides is 1. The third kappa shape index (κ3) is 4.13. The largest absolute Gasteiger partial charge is 0.416 e. The van der Waals surface area contributed by atoms with E-state index in [-0.39, 0.29) is 17.9 Å². The van der Waals surface area contributed by atoms with Crippen LogP contribution in [-0.4, -0.2) is 15.9 Å². The van der Waals surface area contributed by atoms with Gasteiger partial charge in [-0.25, -0.2) is 9.37 Å². The molecule has 1 saturated carbocycles. The molecule has 1 fully saturated rings. The van der Waals surface area contributed by atoms with Gasteiger partial charge in [-0.3, -0.25) is 9.78 Å². The molecule has 0 spiro atoms. The fourth-order valence-electron chi connectivity index (χ4n) is 3.47. The minimum absolute atomic E-state index is 0.0780. The van der Waals surface area contributed by atoms with Crippen LogP contribution in [-0.2, 0) is 19.4 Å². The predicted molar refractivity (Wildman–Crippen MR) is 104 cm³/mol. The Labute approximate surface area is 170 Å². The van der Waals surface area contributed by atoms with Gasteiger partial charge in [-0.1, -0.05) is 6.07 Å². The smallest absolute Gasteiger partial charge is 0.345 e.